The lowest BCUT2D eigenvalue weighted by atomic mass is 9.83. The van der Waals surface area contributed by atoms with Gasteiger partial charge >= 0.3 is 0 Å². The maximum atomic E-state index is 3.43. The van der Waals surface area contributed by atoms with Crippen molar-refractivity contribution in [3.05, 3.63) is 21.9 Å². The summed E-state index contributed by atoms with van der Waals surface area (Å²) in [5.41, 5.74) is 1.88. The summed E-state index contributed by atoms with van der Waals surface area (Å²) in [6.07, 6.45) is 0. The largest absolute Gasteiger partial charge is 0.311 e. The Hall–Kier alpha value is -0.340. The van der Waals surface area contributed by atoms with Crippen LogP contribution in [0.1, 0.15) is 24.3 Å². The number of fused-ring (bicyclic) bond motifs is 1. The van der Waals surface area contributed by atoms with Crippen molar-refractivity contribution in [3.8, 4) is 0 Å². The van der Waals surface area contributed by atoms with Gasteiger partial charge in [-0.1, -0.05) is 13.8 Å². The van der Waals surface area contributed by atoms with Crippen LogP contribution in [0.3, 0.4) is 0 Å². The third-order valence-electron chi connectivity index (χ3n) is 2.33. The lowest BCUT2D eigenvalue weighted by Gasteiger charge is -2.30. The van der Waals surface area contributed by atoms with Crippen LogP contribution in [0.4, 0.5) is 0 Å². The van der Waals surface area contributed by atoms with Gasteiger partial charge in [-0.15, -0.1) is 11.3 Å². The van der Waals surface area contributed by atoms with Crippen LogP contribution >= 0.6 is 11.3 Å². The zero-order chi connectivity index (χ0) is 7.90. The lowest BCUT2D eigenvalue weighted by molar-refractivity contribution is 0.440. The molecule has 2 heteroatoms. The predicted octanol–water partition coefficient (Wildman–Crippen LogP) is 2.13. The summed E-state index contributed by atoms with van der Waals surface area (Å²) in [6, 6.07) is 2.26. The van der Waals surface area contributed by atoms with Crippen LogP contribution in [-0.2, 0) is 12.0 Å². The number of thiophene rings is 1. The van der Waals surface area contributed by atoms with Crippen LogP contribution in [-0.4, -0.2) is 6.54 Å². The van der Waals surface area contributed by atoms with E-state index in [0.29, 0.717) is 5.41 Å². The topological polar surface area (TPSA) is 12.0 Å². The smallest absolute Gasteiger partial charge is 0.0303 e. The van der Waals surface area contributed by atoms with Gasteiger partial charge in [-0.25, -0.2) is 0 Å². The molecule has 1 nitrogen and oxygen atoms in total. The summed E-state index contributed by atoms with van der Waals surface area (Å²) in [5.74, 6) is 0. The molecule has 0 fully saturated rings. The van der Waals surface area contributed by atoms with Gasteiger partial charge in [0.05, 0.1) is 0 Å². The first-order chi connectivity index (χ1) is 5.20. The summed E-state index contributed by atoms with van der Waals surface area (Å²) < 4.78 is 0. The van der Waals surface area contributed by atoms with Gasteiger partial charge in [-0.3, -0.25) is 0 Å². The second kappa shape index (κ2) is 2.32. The van der Waals surface area contributed by atoms with Crippen molar-refractivity contribution in [3.63, 3.8) is 0 Å². The van der Waals surface area contributed by atoms with Crippen molar-refractivity contribution in [2.75, 3.05) is 6.54 Å². The SMILES string of the molecule is CC1(C)CNCc2sccc21. The Morgan fingerprint density at radius 3 is 3.09 bits per heavy atom. The van der Waals surface area contributed by atoms with E-state index in [1.165, 1.54) is 4.88 Å². The highest BCUT2D eigenvalue weighted by Crippen LogP contribution is 2.32. The summed E-state index contributed by atoms with van der Waals surface area (Å²) in [6.45, 7) is 6.77. The third-order valence-corrected chi connectivity index (χ3v) is 3.25. The molecule has 1 aliphatic rings. The molecule has 0 aromatic carbocycles. The van der Waals surface area contributed by atoms with Crippen LogP contribution in [0.15, 0.2) is 11.4 Å². The minimum Gasteiger partial charge on any atom is -0.311 e. The summed E-state index contributed by atoms with van der Waals surface area (Å²) in [5, 5.41) is 5.62. The summed E-state index contributed by atoms with van der Waals surface area (Å²) in [4.78, 5) is 1.52. The molecule has 1 aromatic rings. The fourth-order valence-electron chi connectivity index (χ4n) is 1.66. The van der Waals surface area contributed by atoms with Gasteiger partial charge in [0.1, 0.15) is 0 Å². The third kappa shape index (κ3) is 1.10. The Labute approximate surface area is 71.4 Å². The monoisotopic (exact) mass is 167 g/mol. The maximum absolute atomic E-state index is 3.43. The number of nitrogens with one attached hydrogen (secondary N) is 1. The predicted molar refractivity (Wildman–Crippen MR) is 49.1 cm³/mol. The summed E-state index contributed by atoms with van der Waals surface area (Å²) in [7, 11) is 0. The van der Waals surface area contributed by atoms with E-state index in [9.17, 15) is 0 Å². The molecule has 1 aromatic heterocycles. The summed E-state index contributed by atoms with van der Waals surface area (Å²) >= 11 is 1.87. The Balaban J connectivity index is 2.48. The van der Waals surface area contributed by atoms with E-state index in [4.69, 9.17) is 0 Å². The average molecular weight is 167 g/mol. The average Bonchev–Trinajstić information content (AvgIpc) is 2.34. The first kappa shape index (κ1) is 7.32. The van der Waals surface area contributed by atoms with Crippen molar-refractivity contribution in [2.45, 2.75) is 25.8 Å². The van der Waals surface area contributed by atoms with Gasteiger partial charge in [0.2, 0.25) is 0 Å². The lowest BCUT2D eigenvalue weighted by Crippen LogP contribution is -2.37. The molecular weight excluding hydrogens is 154 g/mol. The molecule has 0 saturated heterocycles. The first-order valence-electron chi connectivity index (χ1n) is 3.98. The maximum Gasteiger partial charge on any atom is 0.0303 e. The van der Waals surface area contributed by atoms with Crippen molar-refractivity contribution in [2.24, 2.45) is 0 Å². The van der Waals surface area contributed by atoms with Crippen LogP contribution in [0.25, 0.3) is 0 Å². The molecule has 1 aliphatic heterocycles. The molecule has 0 radical (unpaired) electrons. The Kier molecular flexibility index (Phi) is 1.55. The molecule has 0 saturated carbocycles. The molecule has 0 spiro atoms. The van der Waals surface area contributed by atoms with Crippen molar-refractivity contribution in [1.82, 2.24) is 5.32 Å². The minimum absolute atomic E-state index is 0.341. The highest BCUT2D eigenvalue weighted by Gasteiger charge is 2.27. The van der Waals surface area contributed by atoms with E-state index >= 15 is 0 Å². The van der Waals surface area contributed by atoms with Crippen LogP contribution in [0, 0.1) is 0 Å². The molecular formula is C9H13NS. The molecule has 2 heterocycles. The zero-order valence-electron chi connectivity index (χ0n) is 6.98. The van der Waals surface area contributed by atoms with Gasteiger partial charge in [-0.2, -0.15) is 0 Å². The van der Waals surface area contributed by atoms with Gasteiger partial charge in [-0.05, 0) is 17.0 Å². The Morgan fingerprint density at radius 1 is 1.55 bits per heavy atom. The Morgan fingerprint density at radius 2 is 2.36 bits per heavy atom. The first-order valence-corrected chi connectivity index (χ1v) is 4.86. The van der Waals surface area contributed by atoms with Gasteiger partial charge < -0.3 is 5.32 Å². The molecule has 0 aliphatic carbocycles. The highest BCUT2D eigenvalue weighted by atomic mass is 32.1. The van der Waals surface area contributed by atoms with Crippen LogP contribution < -0.4 is 5.32 Å². The number of rotatable bonds is 0. The number of hydrogen-bond donors (Lipinski definition) is 1. The molecule has 0 bridgehead atoms. The van der Waals surface area contributed by atoms with E-state index in [2.05, 4.69) is 30.6 Å². The molecule has 2 rings (SSSR count). The van der Waals surface area contributed by atoms with Crippen molar-refractivity contribution < 1.29 is 0 Å². The quantitative estimate of drug-likeness (QED) is 0.624. The van der Waals surface area contributed by atoms with E-state index in [1.54, 1.807) is 5.56 Å². The number of hydrogen-bond acceptors (Lipinski definition) is 2. The molecule has 0 unspecified atom stereocenters. The molecule has 1 N–H and O–H groups in total. The van der Waals surface area contributed by atoms with Crippen LogP contribution in [0.2, 0.25) is 0 Å². The van der Waals surface area contributed by atoms with Gasteiger partial charge in [0, 0.05) is 23.4 Å². The van der Waals surface area contributed by atoms with Gasteiger partial charge in [0.25, 0.3) is 0 Å². The van der Waals surface area contributed by atoms with E-state index in [-0.39, 0.29) is 0 Å². The molecule has 11 heavy (non-hydrogen) atoms. The minimum atomic E-state index is 0.341. The van der Waals surface area contributed by atoms with Crippen molar-refractivity contribution in [1.29, 1.82) is 0 Å². The Bertz CT molecular complexity index is 262. The zero-order valence-corrected chi connectivity index (χ0v) is 7.79. The van der Waals surface area contributed by atoms with Gasteiger partial charge in [0.15, 0.2) is 0 Å². The van der Waals surface area contributed by atoms with E-state index in [1.807, 2.05) is 11.3 Å². The second-order valence-corrected chi connectivity index (χ2v) is 4.75. The normalized spacial score (nSPS) is 21.3. The van der Waals surface area contributed by atoms with E-state index < -0.39 is 0 Å². The molecule has 60 valence electrons. The second-order valence-electron chi connectivity index (χ2n) is 3.74. The fraction of sp³-hybridized carbons (Fsp3) is 0.556. The van der Waals surface area contributed by atoms with Crippen LogP contribution in [0.5, 0.6) is 0 Å². The van der Waals surface area contributed by atoms with Crippen molar-refractivity contribution >= 4 is 11.3 Å². The standard InChI is InChI=1S/C9H13NS/c1-9(2)6-10-5-8-7(9)3-4-11-8/h3-4,10H,5-6H2,1-2H3. The molecule has 0 atom stereocenters. The highest BCUT2D eigenvalue weighted by molar-refractivity contribution is 7.10. The van der Waals surface area contributed by atoms with E-state index in [0.717, 1.165) is 13.1 Å². The molecule has 0 amide bonds. The fourth-order valence-corrected chi connectivity index (χ4v) is 2.69.